The van der Waals surface area contributed by atoms with Gasteiger partial charge in [0.05, 0.1) is 11.6 Å². The number of hydrogen-bond acceptors (Lipinski definition) is 5. The van der Waals surface area contributed by atoms with Gasteiger partial charge in [-0.3, -0.25) is 9.69 Å². The van der Waals surface area contributed by atoms with E-state index in [0.29, 0.717) is 40.6 Å². The van der Waals surface area contributed by atoms with Crippen LogP contribution >= 0.6 is 0 Å². The number of carbonyl (C=O) groups is 1. The SMILES string of the molecule is Bc1ccc(CN2CCC(CNC(=O)c3ccc(-c4nc5cc(C#N)cc(C(C)C)c5o4)cc3)C2)cc1. The molecule has 1 aliphatic heterocycles. The molecule has 1 aromatic heterocycles. The fourth-order valence-electron chi connectivity index (χ4n) is 4.95. The standard InChI is InChI=1S/C30H31BN4O2/c1-19(2)26-13-22(15-32)14-27-28(26)37-30(34-27)24-7-5-23(6-8-24)29(36)33-16-21-11-12-35(18-21)17-20-3-9-25(31)10-4-20/h3-10,13-14,19,21H,11-12,16-18,31H2,1-2H3,(H,33,36). The molecule has 1 unspecified atom stereocenters. The number of amides is 1. The highest BCUT2D eigenvalue weighted by atomic mass is 16.3. The van der Waals surface area contributed by atoms with Gasteiger partial charge < -0.3 is 9.73 Å². The zero-order valence-corrected chi connectivity index (χ0v) is 21.6. The third-order valence-corrected chi connectivity index (χ3v) is 7.11. The molecule has 1 atom stereocenters. The second kappa shape index (κ2) is 10.6. The largest absolute Gasteiger partial charge is 0.436 e. The predicted octanol–water partition coefficient (Wildman–Crippen LogP) is 4.00. The van der Waals surface area contributed by atoms with Crippen LogP contribution in [0.3, 0.4) is 0 Å². The Kier molecular flexibility index (Phi) is 7.11. The van der Waals surface area contributed by atoms with Crippen LogP contribution in [0.5, 0.6) is 0 Å². The van der Waals surface area contributed by atoms with Crippen LogP contribution < -0.4 is 10.8 Å². The van der Waals surface area contributed by atoms with E-state index in [4.69, 9.17) is 4.42 Å². The molecule has 0 spiro atoms. The molecule has 1 aliphatic rings. The molecule has 0 radical (unpaired) electrons. The van der Waals surface area contributed by atoms with Crippen LogP contribution in [0, 0.1) is 17.2 Å². The van der Waals surface area contributed by atoms with E-state index in [9.17, 15) is 10.1 Å². The van der Waals surface area contributed by atoms with Crippen LogP contribution in [0.1, 0.15) is 53.2 Å². The van der Waals surface area contributed by atoms with Crippen LogP contribution in [0.4, 0.5) is 0 Å². The summed E-state index contributed by atoms with van der Waals surface area (Å²) in [6.07, 6.45) is 1.09. The third-order valence-electron chi connectivity index (χ3n) is 7.11. The van der Waals surface area contributed by atoms with Crippen molar-refractivity contribution in [1.29, 1.82) is 5.26 Å². The smallest absolute Gasteiger partial charge is 0.251 e. The molecule has 3 aromatic carbocycles. The van der Waals surface area contributed by atoms with Gasteiger partial charge in [0.25, 0.3) is 5.91 Å². The van der Waals surface area contributed by atoms with E-state index in [0.717, 1.165) is 37.2 Å². The number of carbonyl (C=O) groups excluding carboxylic acids is 1. The second-order valence-corrected chi connectivity index (χ2v) is 10.4. The molecule has 1 fully saturated rings. The molecule has 0 bridgehead atoms. The molecule has 186 valence electrons. The van der Waals surface area contributed by atoms with E-state index in [1.807, 2.05) is 30.3 Å². The minimum atomic E-state index is -0.0677. The topological polar surface area (TPSA) is 82.2 Å². The van der Waals surface area contributed by atoms with Crippen molar-refractivity contribution in [2.75, 3.05) is 19.6 Å². The summed E-state index contributed by atoms with van der Waals surface area (Å²) in [6, 6.07) is 21.9. The van der Waals surface area contributed by atoms with Gasteiger partial charge in [0, 0.05) is 36.3 Å². The van der Waals surface area contributed by atoms with Gasteiger partial charge in [0.15, 0.2) is 5.58 Å². The fourth-order valence-corrected chi connectivity index (χ4v) is 4.95. The molecule has 7 heteroatoms. The predicted molar refractivity (Wildman–Crippen MR) is 149 cm³/mol. The van der Waals surface area contributed by atoms with Crippen molar-refractivity contribution in [1.82, 2.24) is 15.2 Å². The third kappa shape index (κ3) is 5.60. The molecule has 2 heterocycles. The summed E-state index contributed by atoms with van der Waals surface area (Å²) in [7, 11) is 2.11. The first kappa shape index (κ1) is 24.8. The van der Waals surface area contributed by atoms with E-state index in [1.165, 1.54) is 11.0 Å². The molecular formula is C30H31BN4O2. The number of nitriles is 1. The highest BCUT2D eigenvalue weighted by molar-refractivity contribution is 6.32. The molecule has 0 aliphatic carbocycles. The van der Waals surface area contributed by atoms with Crippen LogP contribution in [-0.2, 0) is 6.54 Å². The quantitative estimate of drug-likeness (QED) is 0.396. The number of nitrogens with zero attached hydrogens (tertiary/aromatic N) is 3. The van der Waals surface area contributed by atoms with Crippen molar-refractivity contribution >= 4 is 30.3 Å². The maximum atomic E-state index is 12.8. The Morgan fingerprint density at radius 2 is 1.95 bits per heavy atom. The Balaban J connectivity index is 1.19. The van der Waals surface area contributed by atoms with E-state index >= 15 is 0 Å². The molecule has 6 nitrogen and oxygen atoms in total. The number of rotatable bonds is 7. The summed E-state index contributed by atoms with van der Waals surface area (Å²) in [6.45, 7) is 7.82. The fraction of sp³-hybridized carbons (Fsp3) is 0.300. The zero-order chi connectivity index (χ0) is 25.9. The van der Waals surface area contributed by atoms with Gasteiger partial charge in [-0.05, 0) is 66.8 Å². The molecule has 1 saturated heterocycles. The number of benzene rings is 3. The van der Waals surface area contributed by atoms with Crippen molar-refractivity contribution in [3.63, 3.8) is 0 Å². The Labute approximate surface area is 218 Å². The van der Waals surface area contributed by atoms with Gasteiger partial charge >= 0.3 is 0 Å². The number of nitrogens with one attached hydrogen (secondary N) is 1. The highest BCUT2D eigenvalue weighted by Crippen LogP contribution is 2.31. The van der Waals surface area contributed by atoms with Crippen LogP contribution in [0.25, 0.3) is 22.6 Å². The van der Waals surface area contributed by atoms with Crippen molar-refractivity contribution in [2.45, 2.75) is 32.7 Å². The summed E-state index contributed by atoms with van der Waals surface area (Å²) in [5, 5.41) is 12.5. The zero-order valence-electron chi connectivity index (χ0n) is 21.6. The lowest BCUT2D eigenvalue weighted by molar-refractivity contribution is 0.0947. The van der Waals surface area contributed by atoms with Gasteiger partial charge in [-0.2, -0.15) is 5.26 Å². The molecule has 1 amide bonds. The maximum absolute atomic E-state index is 12.8. The lowest BCUT2D eigenvalue weighted by atomic mass is 9.95. The van der Waals surface area contributed by atoms with Crippen molar-refractivity contribution in [3.8, 4) is 17.5 Å². The number of aromatic nitrogens is 1. The number of oxazole rings is 1. The van der Waals surface area contributed by atoms with Crippen LogP contribution in [-0.4, -0.2) is 43.3 Å². The van der Waals surface area contributed by atoms with E-state index in [-0.39, 0.29) is 11.8 Å². The average molecular weight is 490 g/mol. The Morgan fingerprint density at radius 3 is 2.65 bits per heavy atom. The minimum Gasteiger partial charge on any atom is -0.436 e. The summed E-state index contributed by atoms with van der Waals surface area (Å²) < 4.78 is 6.09. The summed E-state index contributed by atoms with van der Waals surface area (Å²) >= 11 is 0. The van der Waals surface area contributed by atoms with E-state index in [1.54, 1.807) is 6.07 Å². The lowest BCUT2D eigenvalue weighted by Crippen LogP contribution is -2.31. The van der Waals surface area contributed by atoms with Crippen LogP contribution in [0.15, 0.2) is 65.1 Å². The summed E-state index contributed by atoms with van der Waals surface area (Å²) in [5.74, 6) is 1.08. The molecule has 1 N–H and O–H groups in total. The molecule has 5 rings (SSSR count). The van der Waals surface area contributed by atoms with Crippen molar-refractivity contribution in [3.05, 3.63) is 82.9 Å². The molecule has 0 saturated carbocycles. The normalized spacial score (nSPS) is 15.8. The number of fused-ring (bicyclic) bond motifs is 1. The Hall–Kier alpha value is -3.89. The minimum absolute atomic E-state index is 0.0677. The second-order valence-electron chi connectivity index (χ2n) is 10.4. The Bertz CT molecular complexity index is 1450. The summed E-state index contributed by atoms with van der Waals surface area (Å²) in [4.78, 5) is 19.9. The van der Waals surface area contributed by atoms with Gasteiger partial charge in [-0.25, -0.2) is 4.98 Å². The first-order valence-corrected chi connectivity index (χ1v) is 12.9. The molecule has 37 heavy (non-hydrogen) atoms. The first-order valence-electron chi connectivity index (χ1n) is 12.9. The molecule has 4 aromatic rings. The van der Waals surface area contributed by atoms with Gasteiger partial charge in [-0.15, -0.1) is 0 Å². The Morgan fingerprint density at radius 1 is 1.19 bits per heavy atom. The highest BCUT2D eigenvalue weighted by Gasteiger charge is 2.23. The first-order chi connectivity index (χ1) is 17.9. The maximum Gasteiger partial charge on any atom is 0.251 e. The summed E-state index contributed by atoms with van der Waals surface area (Å²) in [5.41, 5.74) is 6.94. The van der Waals surface area contributed by atoms with E-state index < -0.39 is 0 Å². The monoisotopic (exact) mass is 490 g/mol. The van der Waals surface area contributed by atoms with Gasteiger partial charge in [0.2, 0.25) is 5.89 Å². The lowest BCUT2D eigenvalue weighted by Gasteiger charge is -2.16. The molecular weight excluding hydrogens is 459 g/mol. The van der Waals surface area contributed by atoms with Crippen molar-refractivity contribution in [2.24, 2.45) is 5.92 Å². The van der Waals surface area contributed by atoms with Crippen LogP contribution in [0.2, 0.25) is 0 Å². The average Bonchev–Trinajstić information content (AvgIpc) is 3.54. The van der Waals surface area contributed by atoms with Crippen molar-refractivity contribution < 1.29 is 9.21 Å². The van der Waals surface area contributed by atoms with Gasteiger partial charge in [0.1, 0.15) is 13.4 Å². The van der Waals surface area contributed by atoms with E-state index in [2.05, 4.69) is 67.2 Å². The van der Waals surface area contributed by atoms with Gasteiger partial charge in [-0.1, -0.05) is 43.6 Å². The number of hydrogen-bond donors (Lipinski definition) is 1. The number of likely N-dealkylation sites (tertiary alicyclic amines) is 1.